The van der Waals surface area contributed by atoms with Crippen LogP contribution in [0.1, 0.15) is 66.2 Å². The summed E-state index contributed by atoms with van der Waals surface area (Å²) in [5, 5.41) is 0. The van der Waals surface area contributed by atoms with Gasteiger partial charge in [0.2, 0.25) is 11.8 Å². The molecule has 2 aliphatic heterocycles. The highest BCUT2D eigenvalue weighted by atomic mass is 16.2. The van der Waals surface area contributed by atoms with Crippen molar-refractivity contribution in [2.24, 2.45) is 5.92 Å². The van der Waals surface area contributed by atoms with Crippen molar-refractivity contribution < 1.29 is 19.2 Å². The van der Waals surface area contributed by atoms with E-state index in [0.29, 0.717) is 49.9 Å². The number of nitrogens with zero attached hydrogens (tertiary/aromatic N) is 3. The number of likely N-dealkylation sites (tertiary alicyclic amines) is 1. The van der Waals surface area contributed by atoms with Gasteiger partial charge in [0.1, 0.15) is 0 Å². The summed E-state index contributed by atoms with van der Waals surface area (Å²) >= 11 is 0. The van der Waals surface area contributed by atoms with Crippen LogP contribution in [0.25, 0.3) is 0 Å². The molecule has 0 unspecified atom stereocenters. The van der Waals surface area contributed by atoms with Crippen LogP contribution in [0.5, 0.6) is 0 Å². The lowest BCUT2D eigenvalue weighted by molar-refractivity contribution is -0.140. The van der Waals surface area contributed by atoms with Crippen molar-refractivity contribution in [3.63, 3.8) is 0 Å². The fraction of sp³-hybridized carbons (Fsp3) is 0.565. The maximum Gasteiger partial charge on any atom is 0.261 e. The number of hydrogen-bond donors (Lipinski definition) is 0. The van der Waals surface area contributed by atoms with Gasteiger partial charge in [0.25, 0.3) is 11.8 Å². The Morgan fingerprint density at radius 3 is 2.20 bits per heavy atom. The van der Waals surface area contributed by atoms with Crippen molar-refractivity contribution >= 4 is 23.6 Å². The summed E-state index contributed by atoms with van der Waals surface area (Å²) in [5.74, 6) is -0.364. The molecule has 0 bridgehead atoms. The number of benzene rings is 1. The fourth-order valence-corrected chi connectivity index (χ4v) is 4.18. The Kier molecular flexibility index (Phi) is 7.24. The number of amides is 4. The summed E-state index contributed by atoms with van der Waals surface area (Å²) < 4.78 is 0. The zero-order valence-electron chi connectivity index (χ0n) is 17.9. The van der Waals surface area contributed by atoms with Crippen molar-refractivity contribution in [3.05, 3.63) is 35.4 Å². The average Bonchev–Trinajstić information content (AvgIpc) is 3.02. The molecule has 1 fully saturated rings. The van der Waals surface area contributed by atoms with Crippen LogP contribution in [0.2, 0.25) is 0 Å². The van der Waals surface area contributed by atoms with Crippen molar-refractivity contribution in [2.75, 3.05) is 33.2 Å². The van der Waals surface area contributed by atoms with E-state index in [1.165, 1.54) is 4.90 Å². The Balaban J connectivity index is 1.41. The molecular weight excluding hydrogens is 382 g/mol. The van der Waals surface area contributed by atoms with Gasteiger partial charge in [-0.15, -0.1) is 0 Å². The van der Waals surface area contributed by atoms with Gasteiger partial charge < -0.3 is 9.80 Å². The second-order valence-corrected chi connectivity index (χ2v) is 8.18. The van der Waals surface area contributed by atoms with Crippen LogP contribution in [0.4, 0.5) is 0 Å². The molecule has 30 heavy (non-hydrogen) atoms. The van der Waals surface area contributed by atoms with Crippen LogP contribution < -0.4 is 0 Å². The summed E-state index contributed by atoms with van der Waals surface area (Å²) in [6, 6.07) is 6.80. The van der Waals surface area contributed by atoms with E-state index in [1.54, 1.807) is 29.2 Å². The molecule has 1 aromatic rings. The van der Waals surface area contributed by atoms with E-state index in [1.807, 2.05) is 11.9 Å². The van der Waals surface area contributed by atoms with E-state index in [2.05, 4.69) is 6.92 Å². The van der Waals surface area contributed by atoms with Crippen molar-refractivity contribution in [1.29, 1.82) is 0 Å². The lowest BCUT2D eigenvalue weighted by atomic mass is 9.95. The van der Waals surface area contributed by atoms with Gasteiger partial charge in [-0.05, 0) is 37.8 Å². The molecule has 2 heterocycles. The number of fused-ring (bicyclic) bond motifs is 1. The lowest BCUT2D eigenvalue weighted by Gasteiger charge is -2.33. The van der Waals surface area contributed by atoms with Crippen molar-refractivity contribution in [2.45, 2.75) is 45.4 Å². The minimum absolute atomic E-state index is 0.00532. The minimum atomic E-state index is -0.283. The van der Waals surface area contributed by atoms with Crippen molar-refractivity contribution in [1.82, 2.24) is 14.7 Å². The Hall–Kier alpha value is -2.70. The number of carbonyl (C=O) groups is 4. The molecule has 1 saturated heterocycles. The molecule has 0 N–H and O–H groups in total. The van der Waals surface area contributed by atoms with Crippen LogP contribution >= 0.6 is 0 Å². The van der Waals surface area contributed by atoms with Gasteiger partial charge in [-0.3, -0.25) is 24.1 Å². The van der Waals surface area contributed by atoms with Gasteiger partial charge >= 0.3 is 0 Å². The van der Waals surface area contributed by atoms with Crippen LogP contribution in [0, 0.1) is 5.92 Å². The highest BCUT2D eigenvalue weighted by Crippen LogP contribution is 2.23. The zero-order valence-corrected chi connectivity index (χ0v) is 17.9. The van der Waals surface area contributed by atoms with E-state index in [-0.39, 0.29) is 36.1 Å². The number of unbranched alkanes of at least 4 members (excludes halogenated alkanes) is 1. The quantitative estimate of drug-likeness (QED) is 0.614. The van der Waals surface area contributed by atoms with E-state index in [0.717, 1.165) is 19.4 Å². The van der Waals surface area contributed by atoms with Gasteiger partial charge in [-0.2, -0.15) is 0 Å². The maximum absolute atomic E-state index is 12.5. The van der Waals surface area contributed by atoms with E-state index >= 15 is 0 Å². The first-order valence-electron chi connectivity index (χ1n) is 10.9. The predicted molar refractivity (Wildman–Crippen MR) is 113 cm³/mol. The molecule has 0 radical (unpaired) electrons. The number of carbonyl (C=O) groups excluding carboxylic acids is 4. The molecule has 7 heteroatoms. The Bertz CT molecular complexity index is 779. The van der Waals surface area contributed by atoms with Gasteiger partial charge in [0.05, 0.1) is 11.1 Å². The molecule has 7 nitrogen and oxygen atoms in total. The number of hydrogen-bond acceptors (Lipinski definition) is 4. The third kappa shape index (κ3) is 4.71. The largest absolute Gasteiger partial charge is 0.346 e. The van der Waals surface area contributed by atoms with E-state index < -0.39 is 0 Å². The molecule has 0 aliphatic carbocycles. The summed E-state index contributed by atoms with van der Waals surface area (Å²) in [6.07, 6.45) is 4.20. The number of imide groups is 1. The van der Waals surface area contributed by atoms with Crippen LogP contribution in [-0.4, -0.2) is 71.6 Å². The monoisotopic (exact) mass is 413 g/mol. The smallest absolute Gasteiger partial charge is 0.261 e. The third-order valence-corrected chi connectivity index (χ3v) is 6.07. The normalized spacial score (nSPS) is 16.7. The van der Waals surface area contributed by atoms with Crippen LogP contribution in [0.15, 0.2) is 24.3 Å². The second-order valence-electron chi connectivity index (χ2n) is 8.18. The second kappa shape index (κ2) is 9.87. The number of piperidine rings is 1. The molecule has 0 spiro atoms. The standard InChI is InChI=1S/C23H31N3O4/c1-3-4-13-24(2)21(28)17-11-15-25(16-12-17)20(27)10-7-14-26-22(29)18-8-5-6-9-19(18)23(26)30/h5-6,8-9,17H,3-4,7,10-16H2,1-2H3. The topological polar surface area (TPSA) is 78.0 Å². The summed E-state index contributed by atoms with van der Waals surface area (Å²) in [5.41, 5.74) is 0.869. The Morgan fingerprint density at radius 2 is 1.63 bits per heavy atom. The zero-order chi connectivity index (χ0) is 21.7. The van der Waals surface area contributed by atoms with Crippen LogP contribution in [0.3, 0.4) is 0 Å². The molecule has 162 valence electrons. The van der Waals surface area contributed by atoms with Crippen LogP contribution in [-0.2, 0) is 9.59 Å². The minimum Gasteiger partial charge on any atom is -0.346 e. The maximum atomic E-state index is 12.5. The first-order chi connectivity index (χ1) is 14.4. The van der Waals surface area contributed by atoms with Crippen molar-refractivity contribution in [3.8, 4) is 0 Å². The summed E-state index contributed by atoms with van der Waals surface area (Å²) in [6.45, 7) is 4.31. The third-order valence-electron chi connectivity index (χ3n) is 6.07. The van der Waals surface area contributed by atoms with E-state index in [9.17, 15) is 19.2 Å². The molecule has 3 rings (SSSR count). The number of rotatable bonds is 8. The first-order valence-corrected chi connectivity index (χ1v) is 10.9. The molecule has 0 atom stereocenters. The highest BCUT2D eigenvalue weighted by Gasteiger charge is 2.35. The first kappa shape index (κ1) is 22.0. The molecule has 1 aromatic carbocycles. The molecule has 0 saturated carbocycles. The molecular formula is C23H31N3O4. The molecule has 4 amide bonds. The SMILES string of the molecule is CCCCN(C)C(=O)C1CCN(C(=O)CCCN2C(=O)c3ccccc3C2=O)CC1. The lowest BCUT2D eigenvalue weighted by Crippen LogP contribution is -2.43. The summed E-state index contributed by atoms with van der Waals surface area (Å²) in [4.78, 5) is 54.7. The molecule has 0 aromatic heterocycles. The van der Waals surface area contributed by atoms with Gasteiger partial charge in [-0.1, -0.05) is 25.5 Å². The van der Waals surface area contributed by atoms with Gasteiger partial charge in [-0.25, -0.2) is 0 Å². The summed E-state index contributed by atoms with van der Waals surface area (Å²) in [7, 11) is 1.86. The van der Waals surface area contributed by atoms with Gasteiger partial charge in [0, 0.05) is 45.6 Å². The predicted octanol–water partition coefficient (Wildman–Crippen LogP) is 2.56. The average molecular weight is 414 g/mol. The van der Waals surface area contributed by atoms with Gasteiger partial charge in [0.15, 0.2) is 0 Å². The molecule has 2 aliphatic rings. The highest BCUT2D eigenvalue weighted by molar-refractivity contribution is 6.21. The van der Waals surface area contributed by atoms with E-state index in [4.69, 9.17) is 0 Å². The fourth-order valence-electron chi connectivity index (χ4n) is 4.18. The Morgan fingerprint density at radius 1 is 1.03 bits per heavy atom. The Labute approximate surface area is 178 Å².